The third-order valence-corrected chi connectivity index (χ3v) is 2.30. The van der Waals surface area contributed by atoms with Crippen molar-refractivity contribution in [3.05, 3.63) is 0 Å². The summed E-state index contributed by atoms with van der Waals surface area (Å²) in [5.74, 6) is 0. The standard InChI is InChI=1S/C7H14O2S/c1-7(10-2)3-5-9-6-4-8/h4,7H,3,5-6H2,1-2H3. The van der Waals surface area contributed by atoms with Gasteiger partial charge in [-0.05, 0) is 12.7 Å². The molecule has 0 aliphatic heterocycles. The van der Waals surface area contributed by atoms with Gasteiger partial charge >= 0.3 is 0 Å². The minimum absolute atomic E-state index is 0.237. The second-order valence-corrected chi connectivity index (χ2v) is 3.35. The van der Waals surface area contributed by atoms with Crippen molar-refractivity contribution in [1.82, 2.24) is 0 Å². The minimum atomic E-state index is 0.237. The van der Waals surface area contributed by atoms with E-state index in [1.54, 1.807) is 0 Å². The number of thioether (sulfide) groups is 1. The third kappa shape index (κ3) is 6.11. The summed E-state index contributed by atoms with van der Waals surface area (Å²) >= 11 is 1.81. The highest BCUT2D eigenvalue weighted by molar-refractivity contribution is 7.99. The van der Waals surface area contributed by atoms with Crippen molar-refractivity contribution in [2.75, 3.05) is 19.5 Å². The summed E-state index contributed by atoms with van der Waals surface area (Å²) in [7, 11) is 0. The molecule has 0 fully saturated rings. The van der Waals surface area contributed by atoms with E-state index in [-0.39, 0.29) is 6.61 Å². The van der Waals surface area contributed by atoms with Gasteiger partial charge in [-0.2, -0.15) is 11.8 Å². The van der Waals surface area contributed by atoms with Gasteiger partial charge in [0.2, 0.25) is 0 Å². The lowest BCUT2D eigenvalue weighted by Crippen LogP contribution is -2.04. The molecule has 10 heavy (non-hydrogen) atoms. The Morgan fingerprint density at radius 3 is 2.90 bits per heavy atom. The number of hydrogen-bond acceptors (Lipinski definition) is 3. The van der Waals surface area contributed by atoms with Crippen LogP contribution in [0.1, 0.15) is 13.3 Å². The van der Waals surface area contributed by atoms with Gasteiger partial charge in [-0.25, -0.2) is 0 Å². The maximum atomic E-state index is 9.79. The van der Waals surface area contributed by atoms with Gasteiger partial charge in [0.25, 0.3) is 0 Å². The average molecular weight is 162 g/mol. The van der Waals surface area contributed by atoms with Gasteiger partial charge in [0.15, 0.2) is 0 Å². The van der Waals surface area contributed by atoms with E-state index in [0.717, 1.165) is 12.7 Å². The van der Waals surface area contributed by atoms with E-state index in [9.17, 15) is 4.79 Å². The Bertz CT molecular complexity index is 85.7. The highest BCUT2D eigenvalue weighted by atomic mass is 32.2. The molecule has 0 radical (unpaired) electrons. The lowest BCUT2D eigenvalue weighted by Gasteiger charge is -2.05. The summed E-state index contributed by atoms with van der Waals surface area (Å²) in [5.41, 5.74) is 0. The monoisotopic (exact) mass is 162 g/mol. The summed E-state index contributed by atoms with van der Waals surface area (Å²) in [6.45, 7) is 3.08. The van der Waals surface area contributed by atoms with Crippen LogP contribution in [0, 0.1) is 0 Å². The molecule has 0 saturated carbocycles. The smallest absolute Gasteiger partial charge is 0.145 e. The molecular formula is C7H14O2S. The van der Waals surface area contributed by atoms with Gasteiger partial charge in [0.05, 0.1) is 0 Å². The molecule has 0 amide bonds. The molecule has 0 rings (SSSR count). The Hall–Kier alpha value is -0.0200. The van der Waals surface area contributed by atoms with Gasteiger partial charge < -0.3 is 9.53 Å². The molecule has 0 N–H and O–H groups in total. The van der Waals surface area contributed by atoms with Crippen LogP contribution in [0.4, 0.5) is 0 Å². The molecule has 0 bridgehead atoms. The van der Waals surface area contributed by atoms with Gasteiger partial charge in [-0.15, -0.1) is 0 Å². The molecular weight excluding hydrogens is 148 g/mol. The molecule has 2 nitrogen and oxygen atoms in total. The number of carbonyl (C=O) groups is 1. The Morgan fingerprint density at radius 1 is 1.70 bits per heavy atom. The summed E-state index contributed by atoms with van der Waals surface area (Å²) in [4.78, 5) is 9.79. The predicted molar refractivity (Wildman–Crippen MR) is 44.5 cm³/mol. The van der Waals surface area contributed by atoms with Crippen molar-refractivity contribution >= 4 is 18.0 Å². The first-order valence-corrected chi connectivity index (χ1v) is 4.64. The zero-order valence-electron chi connectivity index (χ0n) is 6.50. The van der Waals surface area contributed by atoms with Crippen LogP contribution in [0.25, 0.3) is 0 Å². The summed E-state index contributed by atoms with van der Waals surface area (Å²) in [6, 6.07) is 0. The number of carbonyl (C=O) groups excluding carboxylic acids is 1. The van der Waals surface area contributed by atoms with E-state index in [0.29, 0.717) is 11.9 Å². The highest BCUT2D eigenvalue weighted by Gasteiger charge is 1.97. The largest absolute Gasteiger partial charge is 0.374 e. The Balaban J connectivity index is 2.95. The van der Waals surface area contributed by atoms with Crippen LogP contribution >= 0.6 is 11.8 Å². The first-order chi connectivity index (χ1) is 4.81. The van der Waals surface area contributed by atoms with Gasteiger partial charge in [-0.1, -0.05) is 6.92 Å². The fourth-order valence-electron chi connectivity index (χ4n) is 0.499. The molecule has 0 aromatic heterocycles. The second kappa shape index (κ2) is 7.09. The van der Waals surface area contributed by atoms with Crippen LogP contribution in [0.15, 0.2) is 0 Å². The Kier molecular flexibility index (Phi) is 7.08. The summed E-state index contributed by atoms with van der Waals surface area (Å²) in [5, 5.41) is 0.631. The van der Waals surface area contributed by atoms with E-state index in [1.165, 1.54) is 0 Å². The molecule has 0 aromatic rings. The van der Waals surface area contributed by atoms with Gasteiger partial charge in [0, 0.05) is 11.9 Å². The van der Waals surface area contributed by atoms with Crippen LogP contribution < -0.4 is 0 Å². The molecule has 1 unspecified atom stereocenters. The van der Waals surface area contributed by atoms with Crippen molar-refractivity contribution in [1.29, 1.82) is 0 Å². The van der Waals surface area contributed by atoms with Crippen LogP contribution in [-0.2, 0) is 9.53 Å². The second-order valence-electron chi connectivity index (χ2n) is 2.08. The van der Waals surface area contributed by atoms with Crippen LogP contribution in [0.3, 0.4) is 0 Å². The third-order valence-electron chi connectivity index (χ3n) is 1.26. The highest BCUT2D eigenvalue weighted by Crippen LogP contribution is 2.08. The molecule has 3 heteroatoms. The minimum Gasteiger partial charge on any atom is -0.374 e. The fraction of sp³-hybridized carbons (Fsp3) is 0.857. The molecule has 1 atom stereocenters. The molecule has 0 heterocycles. The first kappa shape index (κ1) is 9.98. The first-order valence-electron chi connectivity index (χ1n) is 3.35. The van der Waals surface area contributed by atoms with Gasteiger partial charge in [0.1, 0.15) is 12.9 Å². The lowest BCUT2D eigenvalue weighted by atomic mass is 10.3. The molecule has 0 aliphatic rings. The zero-order valence-corrected chi connectivity index (χ0v) is 7.32. The van der Waals surface area contributed by atoms with Crippen LogP contribution in [-0.4, -0.2) is 31.0 Å². The zero-order chi connectivity index (χ0) is 7.82. The number of ether oxygens (including phenoxy) is 1. The van der Waals surface area contributed by atoms with E-state index < -0.39 is 0 Å². The molecule has 0 spiro atoms. The number of aldehydes is 1. The van der Waals surface area contributed by atoms with E-state index in [2.05, 4.69) is 13.2 Å². The topological polar surface area (TPSA) is 26.3 Å². The van der Waals surface area contributed by atoms with Crippen LogP contribution in [0.2, 0.25) is 0 Å². The number of rotatable bonds is 6. The predicted octanol–water partition coefficient (Wildman–Crippen LogP) is 1.34. The van der Waals surface area contributed by atoms with E-state index >= 15 is 0 Å². The van der Waals surface area contributed by atoms with Crippen LogP contribution in [0.5, 0.6) is 0 Å². The normalized spacial score (nSPS) is 13.0. The molecule has 0 saturated heterocycles. The van der Waals surface area contributed by atoms with Crippen molar-refractivity contribution in [3.8, 4) is 0 Å². The quantitative estimate of drug-likeness (QED) is 0.435. The lowest BCUT2D eigenvalue weighted by molar-refractivity contribution is -0.111. The SMILES string of the molecule is CSC(C)CCOCC=O. The van der Waals surface area contributed by atoms with Crippen molar-refractivity contribution in [3.63, 3.8) is 0 Å². The van der Waals surface area contributed by atoms with Crippen molar-refractivity contribution in [2.45, 2.75) is 18.6 Å². The summed E-state index contributed by atoms with van der Waals surface area (Å²) in [6.07, 6.45) is 3.88. The van der Waals surface area contributed by atoms with Gasteiger partial charge in [-0.3, -0.25) is 0 Å². The average Bonchev–Trinajstić information content (AvgIpc) is 1.98. The maximum absolute atomic E-state index is 9.79. The number of hydrogen-bond donors (Lipinski definition) is 0. The molecule has 0 aromatic carbocycles. The Morgan fingerprint density at radius 2 is 2.40 bits per heavy atom. The maximum Gasteiger partial charge on any atom is 0.145 e. The Labute approximate surface area is 66.3 Å². The van der Waals surface area contributed by atoms with E-state index in [1.807, 2.05) is 11.8 Å². The molecule has 0 aliphatic carbocycles. The van der Waals surface area contributed by atoms with E-state index in [4.69, 9.17) is 4.74 Å². The fourth-order valence-corrected chi connectivity index (χ4v) is 0.831. The summed E-state index contributed by atoms with van der Waals surface area (Å²) < 4.78 is 4.97. The molecule has 60 valence electrons. The van der Waals surface area contributed by atoms with Crippen molar-refractivity contribution < 1.29 is 9.53 Å². The van der Waals surface area contributed by atoms with Crippen molar-refractivity contribution in [2.24, 2.45) is 0 Å².